The molecular weight excluding hydrogens is 238 g/mol. The van der Waals surface area contributed by atoms with Gasteiger partial charge in [0, 0.05) is 12.6 Å². The second-order valence-corrected chi connectivity index (χ2v) is 5.64. The topological polar surface area (TPSA) is 31.6 Å². The molecule has 4 heteroatoms. The third kappa shape index (κ3) is 4.34. The van der Waals surface area contributed by atoms with Crippen molar-refractivity contribution in [1.29, 1.82) is 0 Å². The molecule has 0 spiro atoms. The van der Waals surface area contributed by atoms with Crippen LogP contribution >= 0.6 is 0 Å². The van der Waals surface area contributed by atoms with Crippen LogP contribution in [0.1, 0.15) is 31.3 Å². The zero-order chi connectivity index (χ0) is 13.7. The molecule has 0 aliphatic carbocycles. The molecule has 0 amide bonds. The summed E-state index contributed by atoms with van der Waals surface area (Å²) in [5.74, 6) is 2.13. The van der Waals surface area contributed by atoms with E-state index >= 15 is 0 Å². The Balaban J connectivity index is 1.84. The van der Waals surface area contributed by atoms with E-state index in [4.69, 9.17) is 4.42 Å². The van der Waals surface area contributed by atoms with Gasteiger partial charge in [0.2, 0.25) is 0 Å². The van der Waals surface area contributed by atoms with Crippen LogP contribution in [0.15, 0.2) is 16.5 Å². The number of nitrogens with one attached hydrogen (secondary N) is 1. The van der Waals surface area contributed by atoms with Crippen molar-refractivity contribution in [2.24, 2.45) is 0 Å². The number of rotatable bonds is 6. The summed E-state index contributed by atoms with van der Waals surface area (Å²) in [4.78, 5) is 4.84. The fraction of sp³-hybridized carbons (Fsp3) is 0.733. The minimum Gasteiger partial charge on any atom is -0.463 e. The molecule has 4 nitrogen and oxygen atoms in total. The fourth-order valence-electron chi connectivity index (χ4n) is 2.67. The lowest BCUT2D eigenvalue weighted by atomic mass is 10.0. The van der Waals surface area contributed by atoms with Crippen LogP contribution in [0.2, 0.25) is 0 Å². The van der Waals surface area contributed by atoms with Crippen molar-refractivity contribution in [3.63, 3.8) is 0 Å². The Morgan fingerprint density at radius 3 is 2.89 bits per heavy atom. The van der Waals surface area contributed by atoms with Gasteiger partial charge in [-0.15, -0.1) is 0 Å². The molecule has 2 heterocycles. The summed E-state index contributed by atoms with van der Waals surface area (Å²) in [5, 5.41) is 3.29. The quantitative estimate of drug-likeness (QED) is 0.851. The van der Waals surface area contributed by atoms with Crippen LogP contribution in [0.3, 0.4) is 0 Å². The lowest BCUT2D eigenvalue weighted by Crippen LogP contribution is -2.44. The largest absolute Gasteiger partial charge is 0.463 e. The van der Waals surface area contributed by atoms with Gasteiger partial charge in [-0.25, -0.2) is 0 Å². The van der Waals surface area contributed by atoms with Crippen LogP contribution in [0.25, 0.3) is 0 Å². The van der Waals surface area contributed by atoms with E-state index < -0.39 is 0 Å². The first-order valence-corrected chi connectivity index (χ1v) is 7.36. The summed E-state index contributed by atoms with van der Waals surface area (Å²) in [5.41, 5.74) is 0. The van der Waals surface area contributed by atoms with E-state index in [2.05, 4.69) is 48.3 Å². The number of piperidine rings is 1. The predicted molar refractivity (Wildman–Crippen MR) is 78.1 cm³/mol. The molecule has 1 aromatic rings. The van der Waals surface area contributed by atoms with E-state index in [0.717, 1.165) is 37.7 Å². The summed E-state index contributed by atoms with van der Waals surface area (Å²) in [6, 6.07) is 4.89. The number of nitrogens with zero attached hydrogens (tertiary/aromatic N) is 2. The van der Waals surface area contributed by atoms with E-state index in [1.165, 1.54) is 19.4 Å². The first kappa shape index (κ1) is 14.6. The van der Waals surface area contributed by atoms with Gasteiger partial charge in [0.15, 0.2) is 0 Å². The number of furan rings is 1. The zero-order valence-electron chi connectivity index (χ0n) is 12.5. The van der Waals surface area contributed by atoms with Gasteiger partial charge < -0.3 is 14.6 Å². The molecule has 1 fully saturated rings. The number of hydrogen-bond donors (Lipinski definition) is 1. The maximum atomic E-state index is 5.87. The van der Waals surface area contributed by atoms with Gasteiger partial charge in [0.05, 0.1) is 13.1 Å². The highest BCUT2D eigenvalue weighted by atomic mass is 16.3. The molecule has 1 unspecified atom stereocenters. The highest BCUT2D eigenvalue weighted by Crippen LogP contribution is 2.17. The van der Waals surface area contributed by atoms with E-state index in [9.17, 15) is 0 Å². The molecule has 2 rings (SSSR count). The summed E-state index contributed by atoms with van der Waals surface area (Å²) >= 11 is 0. The van der Waals surface area contributed by atoms with Crippen LogP contribution in [0.4, 0.5) is 0 Å². The van der Waals surface area contributed by atoms with Crippen LogP contribution in [0.5, 0.6) is 0 Å². The maximum absolute atomic E-state index is 5.87. The molecule has 0 aromatic carbocycles. The van der Waals surface area contributed by atoms with E-state index in [1.54, 1.807) is 0 Å². The van der Waals surface area contributed by atoms with Crippen molar-refractivity contribution in [3.8, 4) is 0 Å². The first-order chi connectivity index (χ1) is 9.19. The second kappa shape index (κ2) is 7.08. The van der Waals surface area contributed by atoms with Crippen molar-refractivity contribution in [2.75, 3.05) is 33.7 Å². The van der Waals surface area contributed by atoms with Gasteiger partial charge in [0.25, 0.3) is 0 Å². The molecular formula is C15H27N3O. The Morgan fingerprint density at radius 2 is 2.16 bits per heavy atom. The van der Waals surface area contributed by atoms with E-state index in [0.29, 0.717) is 6.04 Å². The standard InChI is InChI=1S/C15H27N3O/c1-4-16-10-14-7-8-15(19-14)12-18-9-5-6-13(11-18)17(2)3/h7-8,13,16H,4-6,9-12H2,1-3H3. The third-order valence-electron chi connectivity index (χ3n) is 3.86. The van der Waals surface area contributed by atoms with Crippen molar-refractivity contribution in [2.45, 2.75) is 38.9 Å². The average molecular weight is 265 g/mol. The highest BCUT2D eigenvalue weighted by molar-refractivity contribution is 5.07. The normalized spacial score (nSPS) is 21.2. The van der Waals surface area contributed by atoms with Gasteiger partial charge in [-0.3, -0.25) is 4.90 Å². The molecule has 1 aromatic heterocycles. The molecule has 0 saturated carbocycles. The number of hydrogen-bond acceptors (Lipinski definition) is 4. The molecule has 108 valence electrons. The molecule has 0 radical (unpaired) electrons. The molecule has 1 aliphatic rings. The van der Waals surface area contributed by atoms with Crippen molar-refractivity contribution in [3.05, 3.63) is 23.7 Å². The van der Waals surface area contributed by atoms with Crippen molar-refractivity contribution >= 4 is 0 Å². The van der Waals surface area contributed by atoms with Gasteiger partial charge >= 0.3 is 0 Å². The Bertz CT molecular complexity index is 375. The van der Waals surface area contributed by atoms with Crippen LogP contribution < -0.4 is 5.32 Å². The first-order valence-electron chi connectivity index (χ1n) is 7.36. The molecule has 1 aliphatic heterocycles. The van der Waals surface area contributed by atoms with Crippen LogP contribution in [-0.2, 0) is 13.1 Å². The Hall–Kier alpha value is -0.840. The van der Waals surface area contributed by atoms with Crippen molar-refractivity contribution in [1.82, 2.24) is 15.1 Å². The van der Waals surface area contributed by atoms with Crippen molar-refractivity contribution < 1.29 is 4.42 Å². The lowest BCUT2D eigenvalue weighted by Gasteiger charge is -2.35. The van der Waals surface area contributed by atoms with Crippen LogP contribution in [-0.4, -0.2) is 49.6 Å². The smallest absolute Gasteiger partial charge is 0.118 e. The minimum absolute atomic E-state index is 0.685. The summed E-state index contributed by atoms with van der Waals surface area (Å²) < 4.78 is 5.87. The molecule has 1 N–H and O–H groups in total. The predicted octanol–water partition coefficient (Wildman–Crippen LogP) is 1.92. The van der Waals surface area contributed by atoms with Crippen LogP contribution in [0, 0.1) is 0 Å². The van der Waals surface area contributed by atoms with Gasteiger partial charge in [-0.2, -0.15) is 0 Å². The molecule has 19 heavy (non-hydrogen) atoms. The van der Waals surface area contributed by atoms with Gasteiger partial charge in [0.1, 0.15) is 11.5 Å². The average Bonchev–Trinajstić information content (AvgIpc) is 2.84. The SMILES string of the molecule is CCNCc1ccc(CN2CCCC(N(C)C)C2)o1. The lowest BCUT2D eigenvalue weighted by molar-refractivity contribution is 0.121. The summed E-state index contributed by atoms with van der Waals surface area (Å²) in [6.45, 7) is 7.20. The maximum Gasteiger partial charge on any atom is 0.118 e. The van der Waals surface area contributed by atoms with E-state index in [1.807, 2.05) is 0 Å². The Morgan fingerprint density at radius 1 is 1.37 bits per heavy atom. The molecule has 0 bridgehead atoms. The summed E-state index contributed by atoms with van der Waals surface area (Å²) in [6.07, 6.45) is 2.60. The highest BCUT2D eigenvalue weighted by Gasteiger charge is 2.21. The van der Waals surface area contributed by atoms with E-state index in [-0.39, 0.29) is 0 Å². The molecule has 1 saturated heterocycles. The number of likely N-dealkylation sites (N-methyl/N-ethyl adjacent to an activating group) is 1. The molecule has 1 atom stereocenters. The van der Waals surface area contributed by atoms with Gasteiger partial charge in [-0.1, -0.05) is 6.92 Å². The fourth-order valence-corrected chi connectivity index (χ4v) is 2.67. The van der Waals surface area contributed by atoms with Gasteiger partial charge in [-0.05, 0) is 52.2 Å². The monoisotopic (exact) mass is 265 g/mol. The Kier molecular flexibility index (Phi) is 5.43. The minimum atomic E-state index is 0.685. The Labute approximate surface area is 116 Å². The number of likely N-dealkylation sites (tertiary alicyclic amines) is 1. The third-order valence-corrected chi connectivity index (χ3v) is 3.86. The zero-order valence-corrected chi connectivity index (χ0v) is 12.5. The second-order valence-electron chi connectivity index (χ2n) is 5.64. The summed E-state index contributed by atoms with van der Waals surface area (Å²) in [7, 11) is 4.35.